The van der Waals surface area contributed by atoms with E-state index in [0.29, 0.717) is 12.2 Å². The summed E-state index contributed by atoms with van der Waals surface area (Å²) in [6.07, 6.45) is 4.91. The van der Waals surface area contributed by atoms with Crippen LogP contribution in [0.4, 0.5) is 5.69 Å². The number of amides is 1. The summed E-state index contributed by atoms with van der Waals surface area (Å²) in [5, 5.41) is 2.89. The van der Waals surface area contributed by atoms with Gasteiger partial charge in [0.2, 0.25) is 0 Å². The van der Waals surface area contributed by atoms with Gasteiger partial charge in [0.05, 0.1) is 6.61 Å². The first-order chi connectivity index (χ1) is 11.8. The van der Waals surface area contributed by atoms with Gasteiger partial charge in [-0.2, -0.15) is 0 Å². The van der Waals surface area contributed by atoms with Crippen molar-refractivity contribution in [3.63, 3.8) is 0 Å². The maximum absolute atomic E-state index is 12.3. The number of hydrogen-bond donors (Lipinski definition) is 1. The second-order valence-corrected chi connectivity index (χ2v) is 5.46. The minimum Gasteiger partial charge on any atom is -0.494 e. The summed E-state index contributed by atoms with van der Waals surface area (Å²) in [5.41, 5.74) is 2.39. The molecule has 1 aromatic heterocycles. The number of ether oxygens (including phenoxy) is 1. The van der Waals surface area contributed by atoms with Crippen LogP contribution in [0.2, 0.25) is 0 Å². The molecule has 0 spiro atoms. The predicted molar refractivity (Wildman–Crippen MR) is 96.0 cm³/mol. The Morgan fingerprint density at radius 3 is 2.29 bits per heavy atom. The lowest BCUT2D eigenvalue weighted by atomic mass is 10.2. The van der Waals surface area contributed by atoms with Crippen LogP contribution in [-0.2, 0) is 0 Å². The highest BCUT2D eigenvalue weighted by atomic mass is 16.5. The zero-order chi connectivity index (χ0) is 16.8. The standard InChI is InChI=1S/C20H20N2O2/c1-2-15-24-19-11-7-17(8-12-19)21-20(23)16-5-9-18(10-6-16)22-13-3-4-14-22/h3-14H,2,15H2,1H3,(H,21,23). The monoisotopic (exact) mass is 320 g/mol. The summed E-state index contributed by atoms with van der Waals surface area (Å²) in [6, 6.07) is 18.8. The normalized spacial score (nSPS) is 10.4. The molecule has 0 radical (unpaired) electrons. The predicted octanol–water partition coefficient (Wildman–Crippen LogP) is 4.52. The third kappa shape index (κ3) is 3.84. The Hall–Kier alpha value is -3.01. The van der Waals surface area contributed by atoms with Crippen LogP contribution in [0.15, 0.2) is 73.1 Å². The van der Waals surface area contributed by atoms with Gasteiger partial charge in [-0.15, -0.1) is 0 Å². The van der Waals surface area contributed by atoms with Crippen molar-refractivity contribution in [3.05, 3.63) is 78.6 Å². The Balaban J connectivity index is 1.64. The third-order valence-corrected chi connectivity index (χ3v) is 3.62. The topological polar surface area (TPSA) is 43.3 Å². The number of aromatic nitrogens is 1. The van der Waals surface area contributed by atoms with Gasteiger partial charge in [-0.3, -0.25) is 4.79 Å². The molecule has 0 unspecified atom stereocenters. The van der Waals surface area contributed by atoms with Gasteiger partial charge in [0.1, 0.15) is 5.75 Å². The first-order valence-corrected chi connectivity index (χ1v) is 8.04. The van der Waals surface area contributed by atoms with Gasteiger partial charge >= 0.3 is 0 Å². The van der Waals surface area contributed by atoms with Crippen molar-refractivity contribution < 1.29 is 9.53 Å². The molecule has 0 saturated heterocycles. The molecule has 4 nitrogen and oxygen atoms in total. The second kappa shape index (κ2) is 7.51. The van der Waals surface area contributed by atoms with Gasteiger partial charge in [-0.05, 0) is 67.1 Å². The molecule has 0 aliphatic carbocycles. The summed E-state index contributed by atoms with van der Waals surface area (Å²) in [7, 11) is 0. The third-order valence-electron chi connectivity index (χ3n) is 3.62. The summed E-state index contributed by atoms with van der Waals surface area (Å²) in [4.78, 5) is 12.3. The smallest absolute Gasteiger partial charge is 0.255 e. The number of benzene rings is 2. The van der Waals surface area contributed by atoms with Gasteiger partial charge in [0.25, 0.3) is 5.91 Å². The van der Waals surface area contributed by atoms with Gasteiger partial charge in [0.15, 0.2) is 0 Å². The van der Waals surface area contributed by atoms with E-state index in [0.717, 1.165) is 23.5 Å². The van der Waals surface area contributed by atoms with Gasteiger partial charge in [-0.25, -0.2) is 0 Å². The summed E-state index contributed by atoms with van der Waals surface area (Å²) < 4.78 is 7.53. The number of carbonyl (C=O) groups is 1. The lowest BCUT2D eigenvalue weighted by Gasteiger charge is -2.08. The zero-order valence-electron chi connectivity index (χ0n) is 13.6. The number of anilines is 1. The molecule has 122 valence electrons. The highest BCUT2D eigenvalue weighted by Gasteiger charge is 2.06. The average molecular weight is 320 g/mol. The van der Waals surface area contributed by atoms with Gasteiger partial charge in [-0.1, -0.05) is 6.92 Å². The van der Waals surface area contributed by atoms with Crippen LogP contribution in [0.1, 0.15) is 23.7 Å². The van der Waals surface area contributed by atoms with Crippen LogP contribution in [-0.4, -0.2) is 17.1 Å². The fourth-order valence-electron chi connectivity index (χ4n) is 2.35. The van der Waals surface area contributed by atoms with Crippen LogP contribution in [0.3, 0.4) is 0 Å². The molecule has 0 atom stereocenters. The van der Waals surface area contributed by atoms with E-state index in [1.54, 1.807) is 0 Å². The van der Waals surface area contributed by atoms with Crippen LogP contribution >= 0.6 is 0 Å². The number of hydrogen-bond acceptors (Lipinski definition) is 2. The zero-order valence-corrected chi connectivity index (χ0v) is 13.6. The fourth-order valence-corrected chi connectivity index (χ4v) is 2.35. The van der Waals surface area contributed by atoms with Crippen molar-refractivity contribution in [2.75, 3.05) is 11.9 Å². The first-order valence-electron chi connectivity index (χ1n) is 8.04. The average Bonchev–Trinajstić information content (AvgIpc) is 3.16. The van der Waals surface area contributed by atoms with E-state index in [-0.39, 0.29) is 5.91 Å². The van der Waals surface area contributed by atoms with E-state index in [4.69, 9.17) is 4.74 Å². The number of nitrogens with one attached hydrogen (secondary N) is 1. The van der Waals surface area contributed by atoms with E-state index in [9.17, 15) is 4.79 Å². The molecule has 0 fully saturated rings. The molecule has 4 heteroatoms. The van der Waals surface area contributed by atoms with Crippen molar-refractivity contribution in [1.29, 1.82) is 0 Å². The fraction of sp³-hybridized carbons (Fsp3) is 0.150. The first kappa shape index (κ1) is 15.9. The van der Waals surface area contributed by atoms with Crippen molar-refractivity contribution >= 4 is 11.6 Å². The molecule has 0 saturated carbocycles. The van der Waals surface area contributed by atoms with Gasteiger partial charge in [0, 0.05) is 29.3 Å². The van der Waals surface area contributed by atoms with Crippen molar-refractivity contribution in [2.24, 2.45) is 0 Å². The van der Waals surface area contributed by atoms with Crippen molar-refractivity contribution in [1.82, 2.24) is 4.57 Å². The minimum absolute atomic E-state index is 0.128. The molecule has 0 aliphatic rings. The van der Waals surface area contributed by atoms with E-state index >= 15 is 0 Å². The molecule has 3 aromatic rings. The Morgan fingerprint density at radius 1 is 1.00 bits per heavy atom. The molecule has 2 aromatic carbocycles. The molecule has 0 aliphatic heterocycles. The molecule has 0 bridgehead atoms. The lowest BCUT2D eigenvalue weighted by Crippen LogP contribution is -2.11. The molecule has 1 N–H and O–H groups in total. The Bertz CT molecular complexity index is 776. The van der Waals surface area contributed by atoms with Crippen molar-refractivity contribution in [2.45, 2.75) is 13.3 Å². The maximum atomic E-state index is 12.3. The number of nitrogens with zero attached hydrogens (tertiary/aromatic N) is 1. The molecule has 1 heterocycles. The summed E-state index contributed by atoms with van der Waals surface area (Å²) in [6.45, 7) is 2.76. The highest BCUT2D eigenvalue weighted by molar-refractivity contribution is 6.04. The molecular formula is C20H20N2O2. The molecule has 1 amide bonds. The van der Waals surface area contributed by atoms with Crippen LogP contribution in [0.5, 0.6) is 5.75 Å². The maximum Gasteiger partial charge on any atom is 0.255 e. The van der Waals surface area contributed by atoms with Crippen LogP contribution in [0, 0.1) is 0 Å². The molecule has 24 heavy (non-hydrogen) atoms. The largest absolute Gasteiger partial charge is 0.494 e. The van der Waals surface area contributed by atoms with E-state index in [1.807, 2.05) is 77.6 Å². The summed E-state index contributed by atoms with van der Waals surface area (Å²) in [5.74, 6) is 0.683. The number of rotatable bonds is 6. The minimum atomic E-state index is -0.128. The lowest BCUT2D eigenvalue weighted by molar-refractivity contribution is 0.102. The van der Waals surface area contributed by atoms with Crippen LogP contribution in [0.25, 0.3) is 5.69 Å². The summed E-state index contributed by atoms with van der Waals surface area (Å²) >= 11 is 0. The number of carbonyl (C=O) groups excluding carboxylic acids is 1. The van der Waals surface area contributed by atoms with E-state index in [2.05, 4.69) is 12.2 Å². The van der Waals surface area contributed by atoms with Gasteiger partial charge < -0.3 is 14.6 Å². The Morgan fingerprint density at radius 2 is 1.67 bits per heavy atom. The molecular weight excluding hydrogens is 300 g/mol. The highest BCUT2D eigenvalue weighted by Crippen LogP contribution is 2.17. The SMILES string of the molecule is CCCOc1ccc(NC(=O)c2ccc(-n3cccc3)cc2)cc1. The van der Waals surface area contributed by atoms with E-state index in [1.165, 1.54) is 0 Å². The Labute approximate surface area is 141 Å². The quantitative estimate of drug-likeness (QED) is 0.726. The van der Waals surface area contributed by atoms with Crippen molar-refractivity contribution in [3.8, 4) is 11.4 Å². The Kier molecular flexibility index (Phi) is 4.96. The molecule has 3 rings (SSSR count). The van der Waals surface area contributed by atoms with Crippen LogP contribution < -0.4 is 10.1 Å². The second-order valence-electron chi connectivity index (χ2n) is 5.46. The van der Waals surface area contributed by atoms with E-state index < -0.39 is 0 Å².